The largest absolute Gasteiger partial charge is 0.476 e. The Morgan fingerprint density at radius 1 is 2.00 bits per heavy atom. The van der Waals surface area contributed by atoms with E-state index in [4.69, 9.17) is 12.0 Å². The van der Waals surface area contributed by atoms with E-state index in [0.29, 0.717) is 0 Å². The molecular formula is C4H6O3. The number of hydrogen-bond acceptors (Lipinski definition) is 2. The molecule has 0 aliphatic rings. The smallest absolute Gasteiger partial charge is 0.372 e. The average Bonchev–Trinajstić information content (AvgIpc) is 1.83. The lowest BCUT2D eigenvalue weighted by Gasteiger charge is -1.80. The van der Waals surface area contributed by atoms with Crippen LogP contribution < -0.4 is 0 Å². The Labute approximate surface area is 48.0 Å². The summed E-state index contributed by atoms with van der Waals surface area (Å²) in [6.45, 7) is -3.25. The third-order valence-corrected chi connectivity index (χ3v) is 0.308. The Hall–Kier alpha value is -0.860. The molecule has 40 valence electrons. The lowest BCUT2D eigenvalue weighted by atomic mass is 10.3. The normalized spacial score (nSPS) is 22.6. The van der Waals surface area contributed by atoms with E-state index in [1.807, 2.05) is 0 Å². The van der Waals surface area contributed by atoms with E-state index in [1.54, 1.807) is 0 Å². The van der Waals surface area contributed by atoms with Gasteiger partial charge in [0.15, 0.2) is 0 Å². The van der Waals surface area contributed by atoms with Crippen LogP contribution in [-0.2, 0) is 9.59 Å². The number of rotatable bonds is 2. The molecular weight excluding hydrogens is 96.0 g/mol. The van der Waals surface area contributed by atoms with Gasteiger partial charge in [0.1, 0.15) is 0 Å². The van der Waals surface area contributed by atoms with E-state index in [1.165, 1.54) is 0 Å². The summed E-state index contributed by atoms with van der Waals surface area (Å²) >= 11 is 0. The fourth-order valence-corrected chi connectivity index (χ4v) is 0.0535. The number of carboxylic acids is 1. The summed E-state index contributed by atoms with van der Waals surface area (Å²) < 4.78 is 33.0. The van der Waals surface area contributed by atoms with Gasteiger partial charge in [0.05, 0.1) is 0 Å². The van der Waals surface area contributed by atoms with Crippen LogP contribution in [-0.4, -0.2) is 16.9 Å². The minimum atomic E-state index is -3.32. The van der Waals surface area contributed by atoms with Crippen molar-refractivity contribution in [2.24, 2.45) is 0 Å². The summed E-state index contributed by atoms with van der Waals surface area (Å²) in [6.07, 6.45) is -3.32. The van der Waals surface area contributed by atoms with Gasteiger partial charge in [-0.2, -0.15) is 0 Å². The molecule has 0 saturated carbocycles. The molecule has 0 atom stereocenters. The van der Waals surface area contributed by atoms with E-state index in [0.717, 1.165) is 0 Å². The number of ketones is 1. The molecule has 0 aliphatic carbocycles. The first kappa shape index (κ1) is 1.58. The van der Waals surface area contributed by atoms with Gasteiger partial charge in [0.25, 0.3) is 0 Å². The van der Waals surface area contributed by atoms with Crippen molar-refractivity contribution in [3.05, 3.63) is 0 Å². The molecule has 0 aromatic carbocycles. The maximum Gasteiger partial charge on any atom is 0.372 e. The number of carbonyl (C=O) groups is 2. The first-order valence-electron chi connectivity index (χ1n) is 3.88. The Morgan fingerprint density at radius 3 is 2.71 bits per heavy atom. The van der Waals surface area contributed by atoms with Gasteiger partial charge >= 0.3 is 5.97 Å². The molecule has 3 nitrogen and oxygen atoms in total. The zero-order chi connectivity index (χ0) is 10.2. The first-order valence-corrected chi connectivity index (χ1v) is 1.38. The average molecular weight is 107 g/mol. The van der Waals surface area contributed by atoms with Gasteiger partial charge < -0.3 is 5.11 Å². The molecule has 0 radical (unpaired) electrons. The third-order valence-electron chi connectivity index (χ3n) is 0.308. The fraction of sp³-hybridized carbons (Fsp3) is 0.500. The zero-order valence-corrected chi connectivity index (χ0v) is 3.26. The topological polar surface area (TPSA) is 54.4 Å². The molecule has 0 unspecified atom stereocenters. The van der Waals surface area contributed by atoms with Crippen molar-refractivity contribution in [2.75, 3.05) is 0 Å². The first-order chi connectivity index (χ1) is 5.10. The summed E-state index contributed by atoms with van der Waals surface area (Å²) in [7, 11) is 0. The van der Waals surface area contributed by atoms with Crippen molar-refractivity contribution in [3.63, 3.8) is 0 Å². The van der Waals surface area contributed by atoms with Gasteiger partial charge in [-0.1, -0.05) is 6.85 Å². The van der Waals surface area contributed by atoms with E-state index in [-0.39, 0.29) is 0 Å². The highest BCUT2D eigenvalue weighted by molar-refractivity contribution is 6.32. The molecule has 0 aromatic heterocycles. The van der Waals surface area contributed by atoms with Crippen molar-refractivity contribution in [1.29, 1.82) is 0 Å². The van der Waals surface area contributed by atoms with Crippen LogP contribution in [0.2, 0.25) is 0 Å². The quantitative estimate of drug-likeness (QED) is 0.507. The Bertz CT molecular complexity index is 217. The highest BCUT2D eigenvalue weighted by atomic mass is 16.4. The van der Waals surface area contributed by atoms with Crippen molar-refractivity contribution in [1.82, 2.24) is 0 Å². The fourth-order valence-electron chi connectivity index (χ4n) is 0.0535. The molecule has 0 aromatic rings. The van der Waals surface area contributed by atoms with Gasteiger partial charge in [-0.15, -0.1) is 0 Å². The Morgan fingerprint density at radius 2 is 2.57 bits per heavy atom. The second-order valence-electron chi connectivity index (χ2n) is 0.759. The number of aliphatic carboxylic acids is 1. The minimum Gasteiger partial charge on any atom is -0.476 e. The SMILES string of the molecule is [2H]C([2H])([2H])C([2H])([2H])C(=O)C(=O)O. The van der Waals surface area contributed by atoms with Crippen molar-refractivity contribution in [3.8, 4) is 0 Å². The van der Waals surface area contributed by atoms with Crippen molar-refractivity contribution in [2.45, 2.75) is 13.2 Å². The van der Waals surface area contributed by atoms with E-state index < -0.39 is 25.0 Å². The van der Waals surface area contributed by atoms with E-state index >= 15 is 0 Å². The molecule has 3 heteroatoms. The summed E-state index contributed by atoms with van der Waals surface area (Å²) in [5, 5.41) is 8.04. The number of Topliss-reactive ketones (excluding diaryl/α,β-unsaturated/α-hetero) is 1. The Balaban J connectivity index is 4.87. The van der Waals surface area contributed by atoms with Crippen LogP contribution >= 0.6 is 0 Å². The molecule has 0 spiro atoms. The number of hydrogen-bond donors (Lipinski definition) is 1. The molecule has 7 heavy (non-hydrogen) atoms. The van der Waals surface area contributed by atoms with Crippen molar-refractivity contribution >= 4 is 11.8 Å². The van der Waals surface area contributed by atoms with Crippen LogP contribution in [0.25, 0.3) is 0 Å². The van der Waals surface area contributed by atoms with Gasteiger partial charge in [0.2, 0.25) is 5.78 Å². The van der Waals surface area contributed by atoms with E-state index in [9.17, 15) is 9.59 Å². The van der Waals surface area contributed by atoms with Crippen LogP contribution in [0.5, 0.6) is 0 Å². The van der Waals surface area contributed by atoms with Gasteiger partial charge in [-0.25, -0.2) is 4.79 Å². The van der Waals surface area contributed by atoms with E-state index in [2.05, 4.69) is 0 Å². The highest BCUT2D eigenvalue weighted by Crippen LogP contribution is 1.76. The van der Waals surface area contributed by atoms with Crippen LogP contribution in [0, 0.1) is 0 Å². The highest BCUT2D eigenvalue weighted by Gasteiger charge is 2.05. The lowest BCUT2D eigenvalue weighted by molar-refractivity contribution is -0.148. The number of carbonyl (C=O) groups excluding carboxylic acids is 1. The molecule has 0 saturated heterocycles. The lowest BCUT2D eigenvalue weighted by Crippen LogP contribution is -2.09. The minimum absolute atomic E-state index is 1.96. The molecule has 1 N–H and O–H groups in total. The Kier molecular flexibility index (Phi) is 0.527. The van der Waals surface area contributed by atoms with Crippen LogP contribution in [0.3, 0.4) is 0 Å². The van der Waals surface area contributed by atoms with Gasteiger partial charge in [-0.3, -0.25) is 4.79 Å². The van der Waals surface area contributed by atoms with Crippen LogP contribution in [0.15, 0.2) is 0 Å². The van der Waals surface area contributed by atoms with Crippen LogP contribution in [0.1, 0.15) is 20.1 Å². The van der Waals surface area contributed by atoms with Crippen molar-refractivity contribution < 1.29 is 21.5 Å². The predicted octanol–water partition coefficient (Wildman–Crippen LogP) is 0.0501. The third kappa shape index (κ3) is 1.92. The molecule has 0 heterocycles. The molecule has 0 aliphatic heterocycles. The van der Waals surface area contributed by atoms with Crippen LogP contribution in [0.4, 0.5) is 0 Å². The molecule has 0 amide bonds. The zero-order valence-electron chi connectivity index (χ0n) is 8.26. The standard InChI is InChI=1S/C4H6O3/c1-2-3(5)4(6)7/h2H2,1H3,(H,6,7)/i1D3,2D2. The summed E-state index contributed by atoms with van der Waals surface area (Å²) in [6, 6.07) is 0. The second-order valence-corrected chi connectivity index (χ2v) is 0.759. The maximum atomic E-state index is 10.5. The number of carboxylic acid groups (broad SMARTS) is 1. The van der Waals surface area contributed by atoms with Gasteiger partial charge in [-0.05, 0) is 0 Å². The summed E-state index contributed by atoms with van der Waals surface area (Å²) in [5.41, 5.74) is 0. The molecule has 0 fully saturated rings. The summed E-state index contributed by atoms with van der Waals surface area (Å²) in [4.78, 5) is 20.4. The molecule has 0 rings (SSSR count). The monoisotopic (exact) mass is 107 g/mol. The van der Waals surface area contributed by atoms with Gasteiger partial charge in [0, 0.05) is 13.2 Å². The predicted molar refractivity (Wildman–Crippen MR) is 22.9 cm³/mol. The second kappa shape index (κ2) is 2.34. The molecule has 0 bridgehead atoms. The maximum absolute atomic E-state index is 10.5. The summed E-state index contributed by atoms with van der Waals surface area (Å²) in [5.74, 6) is -4.04.